The van der Waals surface area contributed by atoms with Gasteiger partial charge in [0.05, 0.1) is 6.61 Å². The van der Waals surface area contributed by atoms with Crippen LogP contribution in [0.5, 0.6) is 0 Å². The van der Waals surface area contributed by atoms with Gasteiger partial charge in [-0.3, -0.25) is 4.99 Å². The summed E-state index contributed by atoms with van der Waals surface area (Å²) in [4.78, 5) is 7.97. The molecule has 1 atom stereocenters. The molecule has 0 aliphatic carbocycles. The first-order valence-corrected chi connectivity index (χ1v) is 8.33. The maximum absolute atomic E-state index is 5.15. The van der Waals surface area contributed by atoms with Gasteiger partial charge in [-0.1, -0.05) is 18.2 Å². The Morgan fingerprint density at radius 3 is 2.96 bits per heavy atom. The number of hydrogen-bond acceptors (Lipinski definition) is 2. The number of benzene rings is 1. The number of aryl methyl sites for hydroxylation is 1. The van der Waals surface area contributed by atoms with Crippen LogP contribution in [0.25, 0.3) is 10.9 Å². The second-order valence-corrected chi connectivity index (χ2v) is 5.72. The van der Waals surface area contributed by atoms with Crippen LogP contribution >= 0.6 is 0 Å². The highest BCUT2D eigenvalue weighted by molar-refractivity contribution is 5.83. The maximum atomic E-state index is 5.15. The molecule has 0 radical (unpaired) electrons. The van der Waals surface area contributed by atoms with Gasteiger partial charge in [-0.05, 0) is 38.3 Å². The second-order valence-electron chi connectivity index (χ2n) is 5.72. The van der Waals surface area contributed by atoms with Crippen molar-refractivity contribution in [2.75, 3.05) is 26.8 Å². The zero-order valence-electron chi connectivity index (χ0n) is 14.4. The summed E-state index contributed by atoms with van der Waals surface area (Å²) in [5.74, 6) is 0.857. The van der Waals surface area contributed by atoms with E-state index in [4.69, 9.17) is 4.74 Å². The second kappa shape index (κ2) is 9.20. The molecule has 2 rings (SSSR count). The predicted octanol–water partition coefficient (Wildman–Crippen LogP) is 2.69. The van der Waals surface area contributed by atoms with E-state index < -0.39 is 0 Å². The molecule has 5 nitrogen and oxygen atoms in total. The smallest absolute Gasteiger partial charge is 0.191 e. The summed E-state index contributed by atoms with van der Waals surface area (Å²) in [6.07, 6.45) is 4.16. The normalized spacial score (nSPS) is 13.3. The molecule has 1 aromatic carbocycles. The number of ether oxygens (including phenoxy) is 1. The number of methoxy groups -OCH3 is 1. The summed E-state index contributed by atoms with van der Waals surface area (Å²) in [5, 5.41) is 7.94. The van der Waals surface area contributed by atoms with Crippen LogP contribution < -0.4 is 10.6 Å². The fourth-order valence-corrected chi connectivity index (χ4v) is 2.64. The minimum atomic E-state index is 0.242. The summed E-state index contributed by atoms with van der Waals surface area (Å²) >= 11 is 0. The summed E-state index contributed by atoms with van der Waals surface area (Å²) < 4.78 is 5.15. The highest BCUT2D eigenvalue weighted by atomic mass is 16.5. The Hall–Kier alpha value is -2.01. The molecular formula is C18H28N4O. The van der Waals surface area contributed by atoms with E-state index in [1.54, 1.807) is 7.11 Å². The van der Waals surface area contributed by atoms with Crippen molar-refractivity contribution in [1.29, 1.82) is 0 Å². The van der Waals surface area contributed by atoms with Gasteiger partial charge in [0.2, 0.25) is 0 Å². The summed E-state index contributed by atoms with van der Waals surface area (Å²) in [6.45, 7) is 6.48. The van der Waals surface area contributed by atoms with Gasteiger partial charge in [0.1, 0.15) is 0 Å². The molecule has 0 saturated heterocycles. The first-order chi connectivity index (χ1) is 11.2. The van der Waals surface area contributed by atoms with Gasteiger partial charge < -0.3 is 20.4 Å². The van der Waals surface area contributed by atoms with E-state index in [1.807, 2.05) is 0 Å². The molecule has 1 unspecified atom stereocenters. The van der Waals surface area contributed by atoms with Crippen LogP contribution in [0.2, 0.25) is 0 Å². The average Bonchev–Trinajstić information content (AvgIpc) is 2.95. The number of nitrogens with zero attached hydrogens (tertiary/aromatic N) is 1. The van der Waals surface area contributed by atoms with Gasteiger partial charge in [-0.15, -0.1) is 0 Å². The van der Waals surface area contributed by atoms with Crippen molar-refractivity contribution in [3.8, 4) is 0 Å². The number of aromatic nitrogens is 1. The highest BCUT2D eigenvalue weighted by Crippen LogP contribution is 2.18. The Bertz CT molecular complexity index is 620. The van der Waals surface area contributed by atoms with E-state index in [1.165, 1.54) is 16.5 Å². The molecule has 0 aliphatic rings. The third-order valence-corrected chi connectivity index (χ3v) is 3.69. The van der Waals surface area contributed by atoms with Gasteiger partial charge in [0.15, 0.2) is 5.96 Å². The van der Waals surface area contributed by atoms with Crippen LogP contribution in [0, 0.1) is 0 Å². The molecule has 0 amide bonds. The van der Waals surface area contributed by atoms with E-state index in [0.29, 0.717) is 6.61 Å². The van der Waals surface area contributed by atoms with Crippen molar-refractivity contribution >= 4 is 16.9 Å². The Morgan fingerprint density at radius 2 is 2.17 bits per heavy atom. The van der Waals surface area contributed by atoms with E-state index in [-0.39, 0.29) is 6.04 Å². The number of rotatable bonds is 8. The zero-order chi connectivity index (χ0) is 16.5. The van der Waals surface area contributed by atoms with Crippen LogP contribution in [0.1, 0.15) is 25.8 Å². The number of hydrogen-bond donors (Lipinski definition) is 3. The average molecular weight is 316 g/mol. The molecule has 1 aromatic heterocycles. The molecule has 3 N–H and O–H groups in total. The quantitative estimate of drug-likeness (QED) is 0.399. The molecule has 0 saturated carbocycles. The molecule has 126 valence electrons. The van der Waals surface area contributed by atoms with Crippen molar-refractivity contribution in [3.63, 3.8) is 0 Å². The van der Waals surface area contributed by atoms with Crippen LogP contribution in [-0.4, -0.2) is 43.8 Å². The number of guanidine groups is 1. The van der Waals surface area contributed by atoms with Gasteiger partial charge in [0.25, 0.3) is 0 Å². The summed E-state index contributed by atoms with van der Waals surface area (Å²) in [6, 6.07) is 8.67. The third kappa shape index (κ3) is 5.28. The standard InChI is InChI=1S/C18H28N4O/c1-4-19-18(22-14(2)13-23-3)20-11-7-8-15-12-21-17-10-6-5-9-16(15)17/h5-6,9-10,12,14,21H,4,7-8,11,13H2,1-3H3,(H2,19,20,22). The summed E-state index contributed by atoms with van der Waals surface area (Å²) in [5.41, 5.74) is 2.57. The number of nitrogens with one attached hydrogen (secondary N) is 3. The minimum absolute atomic E-state index is 0.242. The Labute approximate surface area is 138 Å². The Morgan fingerprint density at radius 1 is 1.35 bits per heavy atom. The molecule has 23 heavy (non-hydrogen) atoms. The molecule has 0 fully saturated rings. The van der Waals surface area contributed by atoms with Crippen LogP contribution in [0.4, 0.5) is 0 Å². The molecule has 2 aromatic rings. The lowest BCUT2D eigenvalue weighted by molar-refractivity contribution is 0.179. The van der Waals surface area contributed by atoms with Crippen molar-refractivity contribution in [2.24, 2.45) is 4.99 Å². The monoisotopic (exact) mass is 316 g/mol. The topological polar surface area (TPSA) is 61.4 Å². The SMILES string of the molecule is CCNC(=NCCCc1c[nH]c2ccccc12)NC(C)COC. The lowest BCUT2D eigenvalue weighted by Gasteiger charge is -2.16. The largest absolute Gasteiger partial charge is 0.383 e. The fraction of sp³-hybridized carbons (Fsp3) is 0.500. The van der Waals surface area contributed by atoms with Gasteiger partial charge in [0, 0.05) is 43.3 Å². The maximum Gasteiger partial charge on any atom is 0.191 e. The van der Waals surface area contributed by atoms with Crippen molar-refractivity contribution in [3.05, 3.63) is 36.0 Å². The number of para-hydroxylation sites is 1. The Kier molecular flexibility index (Phi) is 6.94. The van der Waals surface area contributed by atoms with Crippen LogP contribution in [0.15, 0.2) is 35.5 Å². The predicted molar refractivity (Wildman–Crippen MR) is 97.1 cm³/mol. The molecule has 1 heterocycles. The number of aliphatic imine (C=N–C) groups is 1. The highest BCUT2D eigenvalue weighted by Gasteiger charge is 2.05. The van der Waals surface area contributed by atoms with Crippen LogP contribution in [-0.2, 0) is 11.2 Å². The lowest BCUT2D eigenvalue weighted by Crippen LogP contribution is -2.44. The number of H-pyrrole nitrogens is 1. The summed E-state index contributed by atoms with van der Waals surface area (Å²) in [7, 11) is 1.71. The Balaban J connectivity index is 1.85. The minimum Gasteiger partial charge on any atom is -0.383 e. The van der Waals surface area contributed by atoms with E-state index in [9.17, 15) is 0 Å². The van der Waals surface area contributed by atoms with Crippen molar-refractivity contribution in [2.45, 2.75) is 32.7 Å². The van der Waals surface area contributed by atoms with Gasteiger partial charge in [-0.25, -0.2) is 0 Å². The first-order valence-electron chi connectivity index (χ1n) is 8.33. The van der Waals surface area contributed by atoms with Gasteiger partial charge >= 0.3 is 0 Å². The van der Waals surface area contributed by atoms with Crippen molar-refractivity contribution < 1.29 is 4.74 Å². The van der Waals surface area contributed by atoms with E-state index >= 15 is 0 Å². The zero-order valence-corrected chi connectivity index (χ0v) is 14.4. The first kappa shape index (κ1) is 17.3. The lowest BCUT2D eigenvalue weighted by atomic mass is 10.1. The van der Waals surface area contributed by atoms with E-state index in [2.05, 4.69) is 64.9 Å². The molecule has 0 bridgehead atoms. The fourth-order valence-electron chi connectivity index (χ4n) is 2.64. The molecule has 5 heteroatoms. The van der Waals surface area contributed by atoms with Gasteiger partial charge in [-0.2, -0.15) is 0 Å². The van der Waals surface area contributed by atoms with Crippen molar-refractivity contribution in [1.82, 2.24) is 15.6 Å². The molecule has 0 aliphatic heterocycles. The van der Waals surface area contributed by atoms with Crippen LogP contribution in [0.3, 0.4) is 0 Å². The van der Waals surface area contributed by atoms with E-state index in [0.717, 1.165) is 31.9 Å². The number of fused-ring (bicyclic) bond motifs is 1. The third-order valence-electron chi connectivity index (χ3n) is 3.69. The number of aromatic amines is 1. The molecular weight excluding hydrogens is 288 g/mol. The molecule has 0 spiro atoms.